The van der Waals surface area contributed by atoms with Crippen molar-refractivity contribution in [2.24, 2.45) is 0 Å². The van der Waals surface area contributed by atoms with Crippen LogP contribution in [0.5, 0.6) is 28.7 Å². The van der Waals surface area contributed by atoms with Gasteiger partial charge in [0, 0.05) is 11.1 Å². The first-order valence-corrected chi connectivity index (χ1v) is 7.59. The number of rotatable bonds is 6. The molecule has 0 aliphatic carbocycles. The van der Waals surface area contributed by atoms with Gasteiger partial charge in [-0.25, -0.2) is 0 Å². The summed E-state index contributed by atoms with van der Waals surface area (Å²) in [4.78, 5) is 12.4. The van der Waals surface area contributed by atoms with Crippen LogP contribution in [0.2, 0.25) is 0 Å². The highest BCUT2D eigenvalue weighted by Crippen LogP contribution is 2.49. The molecule has 0 aromatic heterocycles. The highest BCUT2D eigenvalue weighted by Gasteiger charge is 2.25. The van der Waals surface area contributed by atoms with Crippen molar-refractivity contribution in [1.29, 1.82) is 0 Å². The van der Waals surface area contributed by atoms with E-state index in [1.807, 2.05) is 0 Å². The Bertz CT molecular complexity index is 825. The fraction of sp³-hybridized carbons (Fsp3) is 0.211. The number of hydrogen-bond donors (Lipinski definition) is 0. The van der Waals surface area contributed by atoms with Gasteiger partial charge in [0.15, 0.2) is 17.3 Å². The number of allylic oxidation sites excluding steroid dienone is 1. The van der Waals surface area contributed by atoms with Gasteiger partial charge in [-0.1, -0.05) is 12.1 Å². The van der Waals surface area contributed by atoms with Crippen LogP contribution in [0.4, 0.5) is 0 Å². The number of methoxy groups -OCH3 is 3. The summed E-state index contributed by atoms with van der Waals surface area (Å²) in [5.41, 5.74) is 1.18. The van der Waals surface area contributed by atoms with Crippen molar-refractivity contribution < 1.29 is 28.5 Å². The summed E-state index contributed by atoms with van der Waals surface area (Å²) < 4.78 is 26.8. The van der Waals surface area contributed by atoms with Crippen LogP contribution in [0.25, 0.3) is 6.08 Å². The van der Waals surface area contributed by atoms with E-state index in [-0.39, 0.29) is 12.6 Å². The fourth-order valence-electron chi connectivity index (χ4n) is 2.57. The number of fused-ring (bicyclic) bond motifs is 1. The Balaban J connectivity index is 1.94. The molecule has 130 valence electrons. The predicted molar refractivity (Wildman–Crippen MR) is 92.0 cm³/mol. The molecule has 2 aromatic rings. The van der Waals surface area contributed by atoms with Crippen LogP contribution in [0.1, 0.15) is 15.9 Å². The summed E-state index contributed by atoms with van der Waals surface area (Å²) in [6.07, 6.45) is 3.12. The van der Waals surface area contributed by atoms with Crippen molar-refractivity contribution in [1.82, 2.24) is 0 Å². The second kappa shape index (κ2) is 7.17. The number of carbonyl (C=O) groups excluding carboxylic acids is 1. The van der Waals surface area contributed by atoms with Gasteiger partial charge in [-0.3, -0.25) is 4.79 Å². The summed E-state index contributed by atoms with van der Waals surface area (Å²) in [7, 11) is 4.61. The Labute approximate surface area is 145 Å². The molecular formula is C19H18O6. The molecular weight excluding hydrogens is 324 g/mol. The van der Waals surface area contributed by atoms with Gasteiger partial charge in [0.05, 0.1) is 21.3 Å². The second-order valence-corrected chi connectivity index (χ2v) is 5.20. The molecule has 1 aliphatic heterocycles. The molecule has 0 amide bonds. The Hall–Kier alpha value is -3.15. The maximum absolute atomic E-state index is 12.4. The minimum atomic E-state index is -0.155. The number of ketones is 1. The molecule has 6 nitrogen and oxygen atoms in total. The Morgan fingerprint density at radius 2 is 1.84 bits per heavy atom. The Morgan fingerprint density at radius 3 is 2.56 bits per heavy atom. The highest BCUT2D eigenvalue weighted by atomic mass is 16.7. The zero-order chi connectivity index (χ0) is 17.8. The van der Waals surface area contributed by atoms with E-state index >= 15 is 0 Å². The fourth-order valence-corrected chi connectivity index (χ4v) is 2.57. The molecule has 1 heterocycles. The lowest BCUT2D eigenvalue weighted by atomic mass is 10.1. The monoisotopic (exact) mass is 342 g/mol. The number of benzene rings is 2. The third kappa shape index (κ3) is 3.24. The maximum atomic E-state index is 12.4. The van der Waals surface area contributed by atoms with E-state index in [9.17, 15) is 4.79 Å². The zero-order valence-corrected chi connectivity index (χ0v) is 14.2. The molecule has 2 aromatic carbocycles. The standard InChI is InChI=1S/C19H18O6/c1-21-14-6-4-5-12(9-14)15(20)8-7-13-10-16-18(25-11-24-16)19(23-3)17(13)22-2/h4-10H,11H2,1-3H3/b8-7+. The van der Waals surface area contributed by atoms with Crippen molar-refractivity contribution >= 4 is 11.9 Å². The molecule has 0 N–H and O–H groups in total. The van der Waals surface area contributed by atoms with Crippen LogP contribution in [0.3, 0.4) is 0 Å². The predicted octanol–water partition coefficient (Wildman–Crippen LogP) is 3.34. The lowest BCUT2D eigenvalue weighted by Gasteiger charge is -2.12. The van der Waals surface area contributed by atoms with Gasteiger partial charge in [0.25, 0.3) is 0 Å². The summed E-state index contributed by atoms with van der Waals surface area (Å²) in [5.74, 6) is 2.42. The molecule has 0 saturated carbocycles. The normalized spacial score (nSPS) is 12.3. The average Bonchev–Trinajstić information content (AvgIpc) is 3.12. The number of ether oxygens (including phenoxy) is 5. The molecule has 0 unspecified atom stereocenters. The topological polar surface area (TPSA) is 63.2 Å². The molecule has 0 spiro atoms. The van der Waals surface area contributed by atoms with Gasteiger partial charge in [-0.05, 0) is 30.4 Å². The van der Waals surface area contributed by atoms with E-state index < -0.39 is 0 Å². The van der Waals surface area contributed by atoms with Crippen LogP contribution < -0.4 is 23.7 Å². The van der Waals surface area contributed by atoms with E-state index in [0.29, 0.717) is 39.9 Å². The van der Waals surface area contributed by atoms with E-state index in [2.05, 4.69) is 0 Å². The van der Waals surface area contributed by atoms with Crippen LogP contribution >= 0.6 is 0 Å². The van der Waals surface area contributed by atoms with Crippen LogP contribution in [-0.4, -0.2) is 33.9 Å². The van der Waals surface area contributed by atoms with Gasteiger partial charge in [0.2, 0.25) is 18.3 Å². The van der Waals surface area contributed by atoms with Gasteiger partial charge in [0.1, 0.15) is 5.75 Å². The SMILES string of the molecule is COc1cccc(C(=O)/C=C/c2cc3c(c(OC)c2OC)OCO3)c1. The van der Waals surface area contributed by atoms with Crippen molar-refractivity contribution in [3.05, 3.63) is 47.5 Å². The Kier molecular flexibility index (Phi) is 4.79. The summed E-state index contributed by atoms with van der Waals surface area (Å²) in [5, 5.41) is 0. The average molecular weight is 342 g/mol. The van der Waals surface area contributed by atoms with Crippen molar-refractivity contribution in [2.75, 3.05) is 28.1 Å². The van der Waals surface area contributed by atoms with Crippen LogP contribution in [-0.2, 0) is 0 Å². The lowest BCUT2D eigenvalue weighted by molar-refractivity contribution is 0.104. The van der Waals surface area contributed by atoms with Crippen molar-refractivity contribution in [3.8, 4) is 28.7 Å². The molecule has 3 rings (SSSR count). The van der Waals surface area contributed by atoms with Gasteiger partial charge < -0.3 is 23.7 Å². The first kappa shape index (κ1) is 16.7. The summed E-state index contributed by atoms with van der Waals surface area (Å²) in [6.45, 7) is 0.116. The van der Waals surface area contributed by atoms with Crippen molar-refractivity contribution in [3.63, 3.8) is 0 Å². The second-order valence-electron chi connectivity index (χ2n) is 5.20. The molecule has 6 heteroatoms. The quantitative estimate of drug-likeness (QED) is 0.593. The first-order valence-electron chi connectivity index (χ1n) is 7.59. The highest BCUT2D eigenvalue weighted by molar-refractivity contribution is 6.07. The van der Waals surface area contributed by atoms with E-state index in [1.54, 1.807) is 43.5 Å². The first-order chi connectivity index (χ1) is 12.2. The third-order valence-electron chi connectivity index (χ3n) is 3.78. The van der Waals surface area contributed by atoms with E-state index in [0.717, 1.165) is 0 Å². The molecule has 0 radical (unpaired) electrons. The van der Waals surface area contributed by atoms with Crippen LogP contribution in [0, 0.1) is 0 Å². The van der Waals surface area contributed by atoms with Crippen LogP contribution in [0.15, 0.2) is 36.4 Å². The molecule has 25 heavy (non-hydrogen) atoms. The van der Waals surface area contributed by atoms with E-state index in [1.165, 1.54) is 20.3 Å². The van der Waals surface area contributed by atoms with Gasteiger partial charge in [-0.2, -0.15) is 0 Å². The minimum absolute atomic E-state index is 0.116. The zero-order valence-electron chi connectivity index (χ0n) is 14.2. The Morgan fingerprint density at radius 1 is 1.04 bits per heavy atom. The molecule has 0 bridgehead atoms. The lowest BCUT2D eigenvalue weighted by Crippen LogP contribution is -1.97. The molecule has 0 atom stereocenters. The van der Waals surface area contributed by atoms with Gasteiger partial charge in [-0.15, -0.1) is 0 Å². The summed E-state index contributed by atoms with van der Waals surface area (Å²) in [6, 6.07) is 8.71. The molecule has 0 saturated heterocycles. The maximum Gasteiger partial charge on any atom is 0.231 e. The number of hydrogen-bond acceptors (Lipinski definition) is 6. The van der Waals surface area contributed by atoms with E-state index in [4.69, 9.17) is 23.7 Å². The summed E-state index contributed by atoms with van der Waals surface area (Å²) >= 11 is 0. The molecule has 0 fully saturated rings. The minimum Gasteiger partial charge on any atom is -0.497 e. The van der Waals surface area contributed by atoms with Gasteiger partial charge >= 0.3 is 0 Å². The van der Waals surface area contributed by atoms with Crippen molar-refractivity contribution in [2.45, 2.75) is 0 Å². The molecule has 1 aliphatic rings. The number of carbonyl (C=O) groups is 1. The smallest absolute Gasteiger partial charge is 0.231 e. The largest absolute Gasteiger partial charge is 0.497 e. The third-order valence-corrected chi connectivity index (χ3v) is 3.78.